The third kappa shape index (κ3) is 1.78. The molecule has 2 saturated heterocycles. The number of nitrogens with zero attached hydrogens (tertiary/aromatic N) is 2. The van der Waals surface area contributed by atoms with Crippen LogP contribution >= 0.6 is 0 Å². The van der Waals surface area contributed by atoms with Gasteiger partial charge in [0, 0.05) is 0 Å². The van der Waals surface area contributed by atoms with Crippen molar-refractivity contribution < 1.29 is 38.9 Å². The molecule has 4 N–H and O–H groups in total. The van der Waals surface area contributed by atoms with E-state index in [1.165, 1.54) is 14.2 Å². The number of ether oxygens (including phenoxy) is 2. The summed E-state index contributed by atoms with van der Waals surface area (Å²) in [4.78, 5) is 51.3. The molecule has 3 heterocycles. The third-order valence-electron chi connectivity index (χ3n) is 5.37. The molecule has 0 bridgehead atoms. The Morgan fingerprint density at radius 3 is 1.68 bits per heavy atom. The summed E-state index contributed by atoms with van der Waals surface area (Å²) in [5.74, 6) is -2.65. The van der Waals surface area contributed by atoms with Gasteiger partial charge in [0.25, 0.3) is 11.3 Å². The van der Waals surface area contributed by atoms with Crippen LogP contribution in [0.3, 0.4) is 0 Å². The average molecular weight is 392 g/mol. The minimum Gasteiger partial charge on any atom is -0.493 e. The van der Waals surface area contributed by atoms with Gasteiger partial charge in [-0.05, 0) is 23.3 Å². The summed E-state index contributed by atoms with van der Waals surface area (Å²) in [5.41, 5.74) is -4.04. The zero-order valence-corrected chi connectivity index (χ0v) is 14.8. The van der Waals surface area contributed by atoms with Crippen molar-refractivity contribution in [1.82, 2.24) is 20.4 Å². The number of methoxy groups -OCH3 is 2. The van der Waals surface area contributed by atoms with Crippen LogP contribution in [0.5, 0.6) is 11.5 Å². The molecule has 0 unspecified atom stereocenters. The van der Waals surface area contributed by atoms with Gasteiger partial charge in [-0.25, -0.2) is 19.2 Å². The Hall–Kier alpha value is -3.70. The highest BCUT2D eigenvalue weighted by molar-refractivity contribution is 6.08. The molecule has 12 heteroatoms. The Labute approximate surface area is 157 Å². The second-order valence-electron chi connectivity index (χ2n) is 6.54. The fourth-order valence-corrected chi connectivity index (χ4v) is 4.12. The monoisotopic (exact) mass is 392 g/mol. The number of carboxylic acids is 2. The van der Waals surface area contributed by atoms with Gasteiger partial charge in [0.05, 0.1) is 27.3 Å². The number of benzene rings is 1. The maximum absolute atomic E-state index is 12.6. The fraction of sp³-hybridized carbons (Fsp3) is 0.375. The number of urea groups is 2. The molecule has 0 saturated carbocycles. The molecule has 28 heavy (non-hydrogen) atoms. The standard InChI is InChI=1S/C16H16N4O8/c1-27-9-3-7-5-19-13(25)17-15(11(21)22)16(19,12(23)24)20(14(26)18-15)6-8(7)4-10(9)28-2/h3-4H,5-6H2,1-2H3,(H,17,25)(H,18,26)(H,21,22)(H,23,24). The lowest BCUT2D eigenvalue weighted by atomic mass is 9.93. The molecule has 3 aliphatic rings. The van der Waals surface area contributed by atoms with E-state index in [-0.39, 0.29) is 13.1 Å². The van der Waals surface area contributed by atoms with E-state index in [1.807, 2.05) is 0 Å². The number of amides is 4. The number of rotatable bonds is 4. The molecular formula is C16H16N4O8. The second-order valence-corrected chi connectivity index (χ2v) is 6.54. The highest BCUT2D eigenvalue weighted by Gasteiger charge is 2.81. The minimum absolute atomic E-state index is 0.256. The molecule has 12 nitrogen and oxygen atoms in total. The van der Waals surface area contributed by atoms with Gasteiger partial charge >= 0.3 is 24.0 Å². The molecule has 0 atom stereocenters. The van der Waals surface area contributed by atoms with Gasteiger partial charge in [-0.15, -0.1) is 0 Å². The minimum atomic E-state index is -2.54. The summed E-state index contributed by atoms with van der Waals surface area (Å²) in [5, 5.41) is 24.1. The van der Waals surface area contributed by atoms with E-state index >= 15 is 0 Å². The van der Waals surface area contributed by atoms with Gasteiger partial charge in [0.2, 0.25) is 0 Å². The molecule has 0 aromatic heterocycles. The normalized spacial score (nSPS) is 27.4. The van der Waals surface area contributed by atoms with Crippen LogP contribution in [0.4, 0.5) is 9.59 Å². The average Bonchev–Trinajstić information content (AvgIpc) is 2.95. The molecule has 0 aliphatic carbocycles. The van der Waals surface area contributed by atoms with Crippen molar-refractivity contribution in [3.05, 3.63) is 23.3 Å². The van der Waals surface area contributed by atoms with Crippen LogP contribution in [0.2, 0.25) is 0 Å². The summed E-state index contributed by atoms with van der Waals surface area (Å²) in [7, 11) is 2.84. The summed E-state index contributed by atoms with van der Waals surface area (Å²) in [6.45, 7) is -0.511. The number of hydrogen-bond donors (Lipinski definition) is 4. The van der Waals surface area contributed by atoms with Gasteiger partial charge in [-0.3, -0.25) is 9.80 Å². The fourth-order valence-electron chi connectivity index (χ4n) is 4.12. The van der Waals surface area contributed by atoms with E-state index in [2.05, 4.69) is 10.6 Å². The molecule has 148 valence electrons. The van der Waals surface area contributed by atoms with Crippen molar-refractivity contribution in [2.45, 2.75) is 24.4 Å². The first-order valence-corrected chi connectivity index (χ1v) is 8.13. The zero-order valence-electron chi connectivity index (χ0n) is 14.8. The van der Waals surface area contributed by atoms with Gasteiger partial charge in [-0.2, -0.15) is 0 Å². The molecule has 1 aromatic rings. The number of nitrogens with one attached hydrogen (secondary N) is 2. The molecule has 0 spiro atoms. The Kier molecular flexibility index (Phi) is 3.42. The predicted octanol–water partition coefficient (Wildman–Crippen LogP) is -0.670. The van der Waals surface area contributed by atoms with Crippen LogP contribution in [0.25, 0.3) is 0 Å². The van der Waals surface area contributed by atoms with E-state index in [4.69, 9.17) is 9.47 Å². The molecule has 0 radical (unpaired) electrons. The summed E-state index contributed by atoms with van der Waals surface area (Å²) < 4.78 is 10.5. The van der Waals surface area contributed by atoms with E-state index < -0.39 is 35.3 Å². The molecule has 1 aromatic carbocycles. The Morgan fingerprint density at radius 1 is 0.929 bits per heavy atom. The van der Waals surface area contributed by atoms with E-state index in [1.54, 1.807) is 12.1 Å². The topological polar surface area (TPSA) is 158 Å². The summed E-state index contributed by atoms with van der Waals surface area (Å²) in [6, 6.07) is 1.27. The first kappa shape index (κ1) is 17.7. The van der Waals surface area contributed by atoms with Crippen LogP contribution in [-0.2, 0) is 22.7 Å². The van der Waals surface area contributed by atoms with Gasteiger partial charge in [0.15, 0.2) is 11.5 Å². The van der Waals surface area contributed by atoms with Crippen molar-refractivity contribution in [2.24, 2.45) is 0 Å². The van der Waals surface area contributed by atoms with Crippen molar-refractivity contribution in [2.75, 3.05) is 14.2 Å². The van der Waals surface area contributed by atoms with Gasteiger partial charge in [0.1, 0.15) is 0 Å². The first-order chi connectivity index (χ1) is 13.2. The van der Waals surface area contributed by atoms with E-state index in [9.17, 15) is 29.4 Å². The van der Waals surface area contributed by atoms with Crippen LogP contribution in [-0.4, -0.2) is 69.6 Å². The van der Waals surface area contributed by atoms with E-state index in [0.717, 1.165) is 9.80 Å². The molecule has 3 aliphatic heterocycles. The van der Waals surface area contributed by atoms with Crippen molar-refractivity contribution in [3.63, 3.8) is 0 Å². The third-order valence-corrected chi connectivity index (χ3v) is 5.37. The maximum Gasteiger partial charge on any atom is 0.356 e. The molecular weight excluding hydrogens is 376 g/mol. The van der Waals surface area contributed by atoms with Crippen molar-refractivity contribution in [3.8, 4) is 11.5 Å². The number of fused-ring (bicyclic) bond motifs is 1. The number of carbonyl (C=O) groups is 4. The molecule has 4 amide bonds. The summed E-state index contributed by atoms with van der Waals surface area (Å²) >= 11 is 0. The SMILES string of the molecule is COc1cc2c(cc1OC)CN1C(=O)NC3(C(=O)O)NC(=O)N(C2)C13C(=O)O. The number of carbonyl (C=O) groups excluding carboxylic acids is 2. The maximum atomic E-state index is 12.6. The lowest BCUT2D eigenvalue weighted by molar-refractivity contribution is -0.171. The largest absolute Gasteiger partial charge is 0.493 e. The quantitative estimate of drug-likeness (QED) is 0.525. The lowest BCUT2D eigenvalue weighted by Crippen LogP contribution is -2.74. The van der Waals surface area contributed by atoms with Gasteiger partial charge in [-0.1, -0.05) is 0 Å². The number of aliphatic carboxylic acids is 2. The predicted molar refractivity (Wildman–Crippen MR) is 88.4 cm³/mol. The van der Waals surface area contributed by atoms with E-state index in [0.29, 0.717) is 22.6 Å². The van der Waals surface area contributed by atoms with Crippen LogP contribution in [0, 0.1) is 0 Å². The van der Waals surface area contributed by atoms with Gasteiger partial charge < -0.3 is 30.3 Å². The molecule has 4 rings (SSSR count). The highest BCUT2D eigenvalue weighted by Crippen LogP contribution is 2.46. The van der Waals surface area contributed by atoms with Crippen LogP contribution in [0.1, 0.15) is 11.1 Å². The molecule has 2 fully saturated rings. The Morgan fingerprint density at radius 2 is 1.36 bits per heavy atom. The van der Waals surface area contributed by atoms with Crippen LogP contribution in [0.15, 0.2) is 12.1 Å². The number of hydrogen-bond acceptors (Lipinski definition) is 6. The highest BCUT2D eigenvalue weighted by atomic mass is 16.5. The van der Waals surface area contributed by atoms with Crippen molar-refractivity contribution >= 4 is 24.0 Å². The second kappa shape index (κ2) is 5.41. The first-order valence-electron chi connectivity index (χ1n) is 8.13. The summed E-state index contributed by atoms with van der Waals surface area (Å²) in [6.07, 6.45) is 0. The van der Waals surface area contributed by atoms with Crippen LogP contribution < -0.4 is 20.1 Å². The zero-order chi connectivity index (χ0) is 20.4. The van der Waals surface area contributed by atoms with Crippen molar-refractivity contribution in [1.29, 1.82) is 0 Å². The Balaban J connectivity index is 1.98. The Bertz CT molecular complexity index is 890. The number of carboxylic acid groups (broad SMARTS) is 2. The lowest BCUT2D eigenvalue weighted by Gasteiger charge is -2.39. The smallest absolute Gasteiger partial charge is 0.356 e.